The molecule has 22 heavy (non-hydrogen) atoms. The van der Waals surface area contributed by atoms with Crippen LogP contribution in [0.1, 0.15) is 41.0 Å². The van der Waals surface area contributed by atoms with E-state index in [2.05, 4.69) is 6.92 Å². The monoisotopic (exact) mass is 350 g/mol. The van der Waals surface area contributed by atoms with Crippen molar-refractivity contribution in [3.8, 4) is 0 Å². The van der Waals surface area contributed by atoms with Gasteiger partial charge in [-0.1, -0.05) is 0 Å². The maximum absolute atomic E-state index is 9.00. The van der Waals surface area contributed by atoms with E-state index >= 15 is 0 Å². The number of aliphatic carboxylic acids is 4. The molecule has 0 rings (SSSR count). The van der Waals surface area contributed by atoms with E-state index < -0.39 is 23.9 Å². The number of hydrogen-bond donors (Lipinski definition) is 4. The van der Waals surface area contributed by atoms with Crippen molar-refractivity contribution in [2.75, 3.05) is 0 Å². The molecule has 10 nitrogen and oxygen atoms in total. The van der Waals surface area contributed by atoms with E-state index in [0.29, 0.717) is 0 Å². The SMILES string of the molecule is CC(=O)O.CC(=O)O.CC(=O)O.CC(=O)O.CC[CH2][K].[N].[N]. The summed E-state index contributed by atoms with van der Waals surface area (Å²) < 4.78 is 1.51. The second-order valence-electron chi connectivity index (χ2n) is 3.08. The summed E-state index contributed by atoms with van der Waals surface area (Å²) in [6, 6.07) is 0. The van der Waals surface area contributed by atoms with Crippen LogP contribution < -0.4 is 12.3 Å². The Morgan fingerprint density at radius 1 is 0.682 bits per heavy atom. The molecule has 126 valence electrons. The van der Waals surface area contributed by atoms with Gasteiger partial charge in [0.15, 0.2) is 0 Å². The third kappa shape index (κ3) is 34700. The zero-order valence-electron chi connectivity index (χ0n) is 13.7. The Morgan fingerprint density at radius 3 is 0.727 bits per heavy atom. The quantitative estimate of drug-likeness (QED) is 0.484. The third-order valence-electron chi connectivity index (χ3n) is 0.500. The molecule has 0 spiro atoms. The largest absolute Gasteiger partial charge is 0 e. The van der Waals surface area contributed by atoms with Gasteiger partial charge >= 0.3 is 62.8 Å². The smallest absolute Gasteiger partial charge is 0 e. The van der Waals surface area contributed by atoms with Crippen LogP contribution in [0.5, 0.6) is 0 Å². The van der Waals surface area contributed by atoms with Gasteiger partial charge < -0.3 is 20.4 Å². The molecule has 0 fully saturated rings. The van der Waals surface area contributed by atoms with E-state index in [0.717, 1.165) is 76.6 Å². The van der Waals surface area contributed by atoms with E-state index in [1.54, 1.807) is 0 Å². The minimum absolute atomic E-state index is 0. The topological polar surface area (TPSA) is 210 Å². The molecule has 0 aliphatic carbocycles. The van der Waals surface area contributed by atoms with Crippen molar-refractivity contribution in [3.63, 3.8) is 0 Å². The number of carboxylic acid groups (broad SMARTS) is 4. The maximum atomic E-state index is 9.00. The van der Waals surface area contributed by atoms with Crippen molar-refractivity contribution in [2.45, 2.75) is 41.6 Å². The Labute approximate surface area is 165 Å². The molecule has 0 atom stereocenters. The fourth-order valence-electron chi connectivity index (χ4n) is 0. The first-order chi connectivity index (χ1) is 8.84. The summed E-state index contributed by atoms with van der Waals surface area (Å²) in [5.41, 5.74) is 0. The molecule has 11 heteroatoms. The summed E-state index contributed by atoms with van der Waals surface area (Å²) in [6.07, 6.45) is 1.40. The van der Waals surface area contributed by atoms with Gasteiger partial charge in [0.1, 0.15) is 0 Å². The van der Waals surface area contributed by atoms with Crippen molar-refractivity contribution >= 4 is 72.8 Å². The third-order valence-corrected chi connectivity index (χ3v) is 2.06. The summed E-state index contributed by atoms with van der Waals surface area (Å²) in [7, 11) is 0. The van der Waals surface area contributed by atoms with Crippen LogP contribution in [0, 0.1) is 0 Å². The van der Waals surface area contributed by atoms with Crippen molar-refractivity contribution < 1.29 is 39.6 Å². The molecular formula is C11H23KN2O8. The molecule has 4 N–H and O–H groups in total. The molecule has 0 heterocycles. The summed E-state index contributed by atoms with van der Waals surface area (Å²) in [5.74, 6) is -3.33. The summed E-state index contributed by atoms with van der Waals surface area (Å²) in [6.45, 7) is 6.56. The Bertz CT molecular complexity index is 196. The van der Waals surface area contributed by atoms with Crippen molar-refractivity contribution in [1.82, 2.24) is 12.3 Å². The minimum atomic E-state index is -0.833. The number of carboxylic acids is 4. The zero-order valence-corrected chi connectivity index (χ0v) is 16.9. The average molecular weight is 350 g/mol. The molecule has 0 aromatic heterocycles. The molecule has 0 saturated carbocycles. The van der Waals surface area contributed by atoms with Gasteiger partial charge in [-0.05, 0) is 0 Å². The Morgan fingerprint density at radius 2 is 0.727 bits per heavy atom. The molecule has 0 amide bonds. The molecular weight excluding hydrogens is 327 g/mol. The van der Waals surface area contributed by atoms with Crippen molar-refractivity contribution in [3.05, 3.63) is 0 Å². The number of hydrogen-bond acceptors (Lipinski definition) is 4. The van der Waals surface area contributed by atoms with E-state index in [9.17, 15) is 0 Å². The Kier molecular flexibility index (Phi) is 83.5. The standard InChI is InChI=1S/C3H7.4C2H4O2.K.2N/c1-3-2;4*1-2(3)4;;;/h1,3H2,2H3;4*1H3,(H,3,4);;;. The Hall–Kier alpha value is -0.564. The number of carbonyl (C=O) groups is 4. The molecule has 0 aromatic rings. The molecule has 0 bridgehead atoms. The Balaban J connectivity index is -0.0000000250. The van der Waals surface area contributed by atoms with Gasteiger partial charge in [-0.15, -0.1) is 0 Å². The number of rotatable bonds is 1. The normalized spacial score (nSPS) is 5.95. The zero-order chi connectivity index (χ0) is 17.7. The first-order valence-electron chi connectivity index (χ1n) is 5.63. The van der Waals surface area contributed by atoms with Crippen molar-refractivity contribution in [1.29, 1.82) is 0 Å². The van der Waals surface area contributed by atoms with Crippen molar-refractivity contribution in [2.24, 2.45) is 0 Å². The second-order valence-corrected chi connectivity index (χ2v) is 4.64. The van der Waals surface area contributed by atoms with Gasteiger partial charge in [0, 0.05) is 40.0 Å². The summed E-state index contributed by atoms with van der Waals surface area (Å²) in [5, 5.41) is 29.7. The first kappa shape index (κ1) is 43.0. The van der Waals surface area contributed by atoms with E-state index in [4.69, 9.17) is 39.6 Å². The van der Waals surface area contributed by atoms with Gasteiger partial charge in [0.2, 0.25) is 0 Å². The van der Waals surface area contributed by atoms with Crippen LogP contribution in [0.3, 0.4) is 0 Å². The molecule has 6 radical (unpaired) electrons. The number of nitrogens with zero attached hydrogens (tertiary/aromatic N) is 2. The van der Waals surface area contributed by atoms with E-state index in [1.165, 1.54) is 6.94 Å². The molecule has 0 unspecified atom stereocenters. The van der Waals surface area contributed by atoms with Crippen LogP contribution in [0.25, 0.3) is 0 Å². The minimum Gasteiger partial charge on any atom is 0 e. The van der Waals surface area contributed by atoms with Crippen LogP contribution in [0.15, 0.2) is 0 Å². The van der Waals surface area contributed by atoms with Crippen LogP contribution >= 0.6 is 0 Å². The predicted molar refractivity (Wildman–Crippen MR) is 78.4 cm³/mol. The predicted octanol–water partition coefficient (Wildman–Crippen LogP) is 0.386. The molecule has 0 aromatic carbocycles. The van der Waals surface area contributed by atoms with Crippen LogP contribution in [-0.2, 0) is 19.2 Å². The second kappa shape index (κ2) is 42.8. The van der Waals surface area contributed by atoms with Gasteiger partial charge in [0.25, 0.3) is 23.9 Å². The van der Waals surface area contributed by atoms with Crippen LogP contribution in [0.4, 0.5) is 0 Å². The van der Waals surface area contributed by atoms with E-state index in [-0.39, 0.29) is 12.3 Å². The van der Waals surface area contributed by atoms with Gasteiger partial charge in [0.05, 0.1) is 0 Å². The molecule has 0 saturated heterocycles. The van der Waals surface area contributed by atoms with Crippen LogP contribution in [-0.4, -0.2) is 93.3 Å². The summed E-state index contributed by atoms with van der Waals surface area (Å²) in [4.78, 5) is 36.0. The first-order valence-corrected chi connectivity index (χ1v) is 7.83. The molecule has 0 aliphatic heterocycles. The van der Waals surface area contributed by atoms with Gasteiger partial charge in [-0.3, -0.25) is 19.2 Å². The van der Waals surface area contributed by atoms with E-state index in [1.807, 2.05) is 0 Å². The van der Waals surface area contributed by atoms with Gasteiger partial charge in [-0.25, -0.2) is 0 Å². The fourth-order valence-corrected chi connectivity index (χ4v) is 0. The van der Waals surface area contributed by atoms with Crippen LogP contribution in [0.2, 0.25) is 0.515 Å². The van der Waals surface area contributed by atoms with Gasteiger partial charge in [-0.2, -0.15) is 0 Å². The molecule has 0 aliphatic rings. The maximum Gasteiger partial charge on any atom is 0 e. The summed E-state index contributed by atoms with van der Waals surface area (Å²) >= 11 is 1.11. The average Bonchev–Trinajstić information content (AvgIpc) is 2.13. The fraction of sp³-hybridized carbons (Fsp3) is 0.636.